The Hall–Kier alpha value is -2.73. The number of carbonyl (C=O) groups excluding carboxylic acids is 1. The van der Waals surface area contributed by atoms with Crippen molar-refractivity contribution in [1.29, 1.82) is 0 Å². The zero-order valence-corrected chi connectivity index (χ0v) is 14.9. The highest BCUT2D eigenvalue weighted by Crippen LogP contribution is 2.21. The second-order valence-electron chi connectivity index (χ2n) is 5.93. The van der Waals surface area contributed by atoms with E-state index in [4.69, 9.17) is 4.74 Å². The van der Waals surface area contributed by atoms with Crippen molar-refractivity contribution in [2.24, 2.45) is 0 Å². The average Bonchev–Trinajstić information content (AvgIpc) is 3.15. The summed E-state index contributed by atoms with van der Waals surface area (Å²) in [6.45, 7) is 4.22. The fourth-order valence-corrected chi connectivity index (χ4v) is 2.79. The van der Waals surface area contributed by atoms with Crippen molar-refractivity contribution in [3.63, 3.8) is 0 Å². The summed E-state index contributed by atoms with van der Waals surface area (Å²) in [5.41, 5.74) is 3.70. The van der Waals surface area contributed by atoms with Gasteiger partial charge in [0.05, 0.1) is 0 Å². The van der Waals surface area contributed by atoms with Gasteiger partial charge in [-0.3, -0.25) is 4.79 Å². The maximum atomic E-state index is 12.1. The Morgan fingerprint density at radius 1 is 1.20 bits per heavy atom. The lowest BCUT2D eigenvalue weighted by Crippen LogP contribution is -2.20. The van der Waals surface area contributed by atoms with Crippen LogP contribution in [-0.2, 0) is 4.79 Å². The van der Waals surface area contributed by atoms with Gasteiger partial charge in [0.25, 0.3) is 5.91 Å². The number of aromatic nitrogens is 2. The van der Waals surface area contributed by atoms with Crippen molar-refractivity contribution in [2.75, 3.05) is 11.9 Å². The molecule has 25 heavy (non-hydrogen) atoms. The molecule has 0 unspecified atom stereocenters. The molecule has 1 amide bonds. The largest absolute Gasteiger partial charge is 0.484 e. The van der Waals surface area contributed by atoms with Crippen LogP contribution in [0, 0.1) is 0 Å². The van der Waals surface area contributed by atoms with Crippen molar-refractivity contribution in [1.82, 2.24) is 9.59 Å². The molecule has 1 N–H and O–H groups in total. The molecule has 0 aliphatic carbocycles. The van der Waals surface area contributed by atoms with Gasteiger partial charge in [-0.2, -0.15) is 0 Å². The van der Waals surface area contributed by atoms with E-state index in [1.165, 1.54) is 17.1 Å². The molecular formula is C19H19N3O2S. The van der Waals surface area contributed by atoms with Gasteiger partial charge in [-0.05, 0) is 47.3 Å². The van der Waals surface area contributed by atoms with E-state index in [9.17, 15) is 4.79 Å². The van der Waals surface area contributed by atoms with E-state index in [2.05, 4.69) is 34.8 Å². The summed E-state index contributed by atoms with van der Waals surface area (Å²) in [5, 5.41) is 8.73. The Balaban J connectivity index is 1.55. The fourth-order valence-electron chi connectivity index (χ4n) is 2.32. The highest BCUT2D eigenvalue weighted by molar-refractivity contribution is 7.03. The Morgan fingerprint density at radius 2 is 2.00 bits per heavy atom. The van der Waals surface area contributed by atoms with Crippen LogP contribution in [0.1, 0.15) is 25.3 Å². The molecule has 0 radical (unpaired) electrons. The molecule has 0 aliphatic heterocycles. The monoisotopic (exact) mass is 353 g/mol. The smallest absolute Gasteiger partial charge is 0.262 e. The number of benzene rings is 2. The summed E-state index contributed by atoms with van der Waals surface area (Å²) in [7, 11) is 0. The number of carbonyl (C=O) groups is 1. The lowest BCUT2D eigenvalue weighted by molar-refractivity contribution is -0.118. The molecule has 2 aromatic carbocycles. The molecule has 6 heteroatoms. The fraction of sp³-hybridized carbons (Fsp3) is 0.211. The second-order valence-corrected chi connectivity index (χ2v) is 6.54. The molecule has 0 aliphatic rings. The molecule has 0 saturated heterocycles. The Bertz CT molecular complexity index is 830. The molecule has 3 aromatic rings. The van der Waals surface area contributed by atoms with E-state index in [0.29, 0.717) is 11.7 Å². The van der Waals surface area contributed by atoms with Crippen molar-refractivity contribution in [3.05, 3.63) is 59.5 Å². The first-order valence-corrected chi connectivity index (χ1v) is 8.85. The molecular weight excluding hydrogens is 334 g/mol. The van der Waals surface area contributed by atoms with Crippen LogP contribution in [-0.4, -0.2) is 22.1 Å². The Morgan fingerprint density at radius 3 is 2.68 bits per heavy atom. The van der Waals surface area contributed by atoms with Gasteiger partial charge in [-0.1, -0.05) is 42.6 Å². The van der Waals surface area contributed by atoms with Crippen LogP contribution in [0.25, 0.3) is 11.3 Å². The number of hydrogen-bond acceptors (Lipinski definition) is 5. The lowest BCUT2D eigenvalue weighted by atomic mass is 10.0. The Kier molecular flexibility index (Phi) is 5.40. The molecule has 0 saturated carbocycles. The summed E-state index contributed by atoms with van der Waals surface area (Å²) in [5.74, 6) is 0.926. The summed E-state index contributed by atoms with van der Waals surface area (Å²) < 4.78 is 9.43. The van der Waals surface area contributed by atoms with Gasteiger partial charge in [-0.15, -0.1) is 5.10 Å². The number of amides is 1. The molecule has 0 fully saturated rings. The number of nitrogens with zero attached hydrogens (tertiary/aromatic N) is 2. The zero-order valence-electron chi connectivity index (χ0n) is 14.1. The predicted molar refractivity (Wildman–Crippen MR) is 100 cm³/mol. The van der Waals surface area contributed by atoms with E-state index in [1.54, 1.807) is 0 Å². The van der Waals surface area contributed by atoms with Gasteiger partial charge in [0, 0.05) is 16.6 Å². The molecule has 0 atom stereocenters. The van der Waals surface area contributed by atoms with Crippen molar-refractivity contribution in [3.8, 4) is 17.0 Å². The lowest BCUT2D eigenvalue weighted by Gasteiger charge is -2.10. The van der Waals surface area contributed by atoms with Crippen LogP contribution in [0.5, 0.6) is 5.75 Å². The van der Waals surface area contributed by atoms with E-state index in [1.807, 2.05) is 47.8 Å². The maximum Gasteiger partial charge on any atom is 0.262 e. The highest BCUT2D eigenvalue weighted by Gasteiger charge is 2.06. The van der Waals surface area contributed by atoms with Crippen molar-refractivity contribution >= 4 is 23.1 Å². The maximum absolute atomic E-state index is 12.1. The standard InChI is InChI=1S/C19H19N3O2S/c1-13(2)15-4-3-5-17(10-15)24-11-19(23)20-16-8-6-14(7-9-16)18-12-25-22-21-18/h3-10,12-13H,11H2,1-2H3,(H,20,23). The van der Waals surface area contributed by atoms with Crippen LogP contribution in [0.2, 0.25) is 0 Å². The topological polar surface area (TPSA) is 64.1 Å². The summed E-state index contributed by atoms with van der Waals surface area (Å²) in [6.07, 6.45) is 0. The highest BCUT2D eigenvalue weighted by atomic mass is 32.1. The zero-order chi connectivity index (χ0) is 17.6. The first kappa shape index (κ1) is 17.1. The quantitative estimate of drug-likeness (QED) is 0.716. The first-order valence-electron chi connectivity index (χ1n) is 8.02. The van der Waals surface area contributed by atoms with Crippen LogP contribution >= 0.6 is 11.5 Å². The van der Waals surface area contributed by atoms with E-state index in [0.717, 1.165) is 16.9 Å². The minimum absolute atomic E-state index is 0.0285. The van der Waals surface area contributed by atoms with Crippen LogP contribution in [0.4, 0.5) is 5.69 Å². The third-order valence-corrected chi connectivity index (χ3v) is 4.22. The van der Waals surface area contributed by atoms with Gasteiger partial charge in [0.2, 0.25) is 0 Å². The minimum atomic E-state index is -0.196. The molecule has 1 aromatic heterocycles. The average molecular weight is 353 g/mol. The normalized spacial score (nSPS) is 10.7. The first-order chi connectivity index (χ1) is 12.1. The van der Waals surface area contributed by atoms with Gasteiger partial charge in [-0.25, -0.2) is 0 Å². The van der Waals surface area contributed by atoms with Gasteiger partial charge in [0.15, 0.2) is 6.61 Å². The van der Waals surface area contributed by atoms with Gasteiger partial charge in [0.1, 0.15) is 11.4 Å². The van der Waals surface area contributed by atoms with E-state index in [-0.39, 0.29) is 12.5 Å². The van der Waals surface area contributed by atoms with Gasteiger partial charge >= 0.3 is 0 Å². The number of ether oxygens (including phenoxy) is 1. The second kappa shape index (κ2) is 7.90. The summed E-state index contributed by atoms with van der Waals surface area (Å²) in [6, 6.07) is 15.3. The molecule has 128 valence electrons. The third kappa shape index (κ3) is 4.64. The van der Waals surface area contributed by atoms with Crippen LogP contribution in [0.15, 0.2) is 53.9 Å². The van der Waals surface area contributed by atoms with E-state index >= 15 is 0 Å². The minimum Gasteiger partial charge on any atom is -0.484 e. The number of nitrogens with one attached hydrogen (secondary N) is 1. The number of rotatable bonds is 6. The van der Waals surface area contributed by atoms with Crippen molar-refractivity contribution in [2.45, 2.75) is 19.8 Å². The molecule has 1 heterocycles. The molecule has 3 rings (SSSR count). The molecule has 0 spiro atoms. The number of anilines is 1. The Labute approximate surface area is 150 Å². The van der Waals surface area contributed by atoms with Crippen molar-refractivity contribution < 1.29 is 9.53 Å². The third-order valence-electron chi connectivity index (χ3n) is 3.72. The van der Waals surface area contributed by atoms with Crippen LogP contribution < -0.4 is 10.1 Å². The molecule has 0 bridgehead atoms. The summed E-state index contributed by atoms with van der Waals surface area (Å²) in [4.78, 5) is 12.1. The number of hydrogen-bond donors (Lipinski definition) is 1. The summed E-state index contributed by atoms with van der Waals surface area (Å²) >= 11 is 1.31. The van der Waals surface area contributed by atoms with E-state index < -0.39 is 0 Å². The van der Waals surface area contributed by atoms with Crippen LogP contribution in [0.3, 0.4) is 0 Å². The molecule has 5 nitrogen and oxygen atoms in total. The predicted octanol–water partition coefficient (Wildman–Crippen LogP) is 4.35. The SMILES string of the molecule is CC(C)c1cccc(OCC(=O)Nc2ccc(-c3csnn3)cc2)c1. The van der Waals surface area contributed by atoms with Gasteiger partial charge < -0.3 is 10.1 Å².